The molecule has 1 saturated heterocycles. The standard InChI is InChI=1S/C21H26N6O4/c28-21(29)26-10-8-25(9-11-26)20-14-17(27(30)31)13-18(24-20)15-6-7-22-19(12-15)23-16-4-2-1-3-5-16/h6-7,12-14,16H,1-5,8-11H2,(H,22,23)(H,28,29). The third-order valence-corrected chi connectivity index (χ3v) is 5.89. The number of nitrogens with one attached hydrogen (secondary N) is 1. The molecule has 0 atom stereocenters. The van der Waals surface area contributed by atoms with Gasteiger partial charge in [0.25, 0.3) is 5.69 Å². The van der Waals surface area contributed by atoms with E-state index in [1.807, 2.05) is 11.0 Å². The highest BCUT2D eigenvalue weighted by Gasteiger charge is 2.24. The van der Waals surface area contributed by atoms with E-state index in [1.54, 1.807) is 12.3 Å². The van der Waals surface area contributed by atoms with Gasteiger partial charge in [0.05, 0.1) is 16.7 Å². The van der Waals surface area contributed by atoms with Crippen molar-refractivity contribution in [1.82, 2.24) is 14.9 Å². The van der Waals surface area contributed by atoms with Gasteiger partial charge in [-0.1, -0.05) is 19.3 Å². The minimum atomic E-state index is -0.956. The van der Waals surface area contributed by atoms with E-state index in [0.29, 0.717) is 43.7 Å². The highest BCUT2D eigenvalue weighted by Crippen LogP contribution is 2.29. The minimum absolute atomic E-state index is 0.0423. The number of carbonyl (C=O) groups is 1. The summed E-state index contributed by atoms with van der Waals surface area (Å²) in [4.78, 5) is 34.6. The monoisotopic (exact) mass is 426 g/mol. The Labute approximate surface area is 180 Å². The van der Waals surface area contributed by atoms with Crippen LogP contribution in [0.15, 0.2) is 30.5 Å². The van der Waals surface area contributed by atoms with E-state index in [9.17, 15) is 14.9 Å². The summed E-state index contributed by atoms with van der Waals surface area (Å²) in [6.07, 6.45) is 6.66. The van der Waals surface area contributed by atoms with E-state index >= 15 is 0 Å². The van der Waals surface area contributed by atoms with Crippen molar-refractivity contribution < 1.29 is 14.8 Å². The lowest BCUT2D eigenvalue weighted by Gasteiger charge is -2.33. The first kappa shape index (κ1) is 20.8. The number of hydrogen-bond acceptors (Lipinski definition) is 7. The van der Waals surface area contributed by atoms with Crippen molar-refractivity contribution in [2.45, 2.75) is 38.1 Å². The molecule has 2 N–H and O–H groups in total. The molecule has 0 spiro atoms. The molecule has 4 rings (SSSR count). The van der Waals surface area contributed by atoms with Crippen LogP contribution in [0.25, 0.3) is 11.3 Å². The van der Waals surface area contributed by atoms with Gasteiger partial charge in [0, 0.05) is 50.0 Å². The number of anilines is 2. The van der Waals surface area contributed by atoms with Crippen molar-refractivity contribution in [3.05, 3.63) is 40.6 Å². The summed E-state index contributed by atoms with van der Waals surface area (Å²) in [5, 5.41) is 24.2. The van der Waals surface area contributed by atoms with E-state index in [1.165, 1.54) is 36.3 Å². The van der Waals surface area contributed by atoms with Crippen LogP contribution < -0.4 is 10.2 Å². The first-order chi connectivity index (χ1) is 15.0. The van der Waals surface area contributed by atoms with Crippen LogP contribution >= 0.6 is 0 Å². The molecule has 2 aromatic heterocycles. The number of aromatic nitrogens is 2. The molecule has 3 heterocycles. The zero-order valence-electron chi connectivity index (χ0n) is 17.2. The molecular formula is C21H26N6O4. The lowest BCUT2D eigenvalue weighted by atomic mass is 9.95. The van der Waals surface area contributed by atoms with Crippen LogP contribution in [0.1, 0.15) is 32.1 Å². The van der Waals surface area contributed by atoms with Gasteiger partial charge in [-0.25, -0.2) is 14.8 Å². The number of hydrogen-bond donors (Lipinski definition) is 2. The largest absolute Gasteiger partial charge is 0.465 e. The quantitative estimate of drug-likeness (QED) is 0.549. The average Bonchev–Trinajstić information content (AvgIpc) is 2.79. The van der Waals surface area contributed by atoms with Gasteiger partial charge in [0.2, 0.25) is 0 Å². The van der Waals surface area contributed by atoms with Crippen LogP contribution in [0.2, 0.25) is 0 Å². The number of nitrogens with zero attached hydrogens (tertiary/aromatic N) is 5. The summed E-state index contributed by atoms with van der Waals surface area (Å²) in [6.45, 7) is 1.54. The smallest absolute Gasteiger partial charge is 0.407 e. The second-order valence-electron chi connectivity index (χ2n) is 7.99. The lowest BCUT2D eigenvalue weighted by molar-refractivity contribution is -0.384. The van der Waals surface area contributed by atoms with Crippen LogP contribution in [-0.4, -0.2) is 63.2 Å². The van der Waals surface area contributed by atoms with Crippen molar-refractivity contribution in [3.8, 4) is 11.3 Å². The SMILES string of the molecule is O=C(O)N1CCN(c2cc([N+](=O)[O-])cc(-c3ccnc(NC4CCCCC4)c3)n2)CC1. The highest BCUT2D eigenvalue weighted by atomic mass is 16.6. The molecule has 1 saturated carbocycles. The average molecular weight is 426 g/mol. The van der Waals surface area contributed by atoms with E-state index < -0.39 is 11.0 Å². The van der Waals surface area contributed by atoms with Crippen molar-refractivity contribution in [1.29, 1.82) is 0 Å². The Kier molecular flexibility index (Phi) is 6.15. The van der Waals surface area contributed by atoms with Crippen LogP contribution in [0.4, 0.5) is 22.1 Å². The maximum Gasteiger partial charge on any atom is 0.407 e. The third kappa shape index (κ3) is 5.01. The van der Waals surface area contributed by atoms with E-state index in [-0.39, 0.29) is 5.69 Å². The highest BCUT2D eigenvalue weighted by molar-refractivity contribution is 5.68. The Morgan fingerprint density at radius 1 is 1.13 bits per heavy atom. The van der Waals surface area contributed by atoms with Gasteiger partial charge in [-0.05, 0) is 25.0 Å². The Balaban J connectivity index is 1.58. The number of amides is 1. The first-order valence-corrected chi connectivity index (χ1v) is 10.6. The summed E-state index contributed by atoms with van der Waals surface area (Å²) in [7, 11) is 0. The fourth-order valence-electron chi connectivity index (χ4n) is 4.17. The number of nitro groups is 1. The van der Waals surface area contributed by atoms with Crippen LogP contribution in [0.3, 0.4) is 0 Å². The van der Waals surface area contributed by atoms with E-state index in [2.05, 4.69) is 15.3 Å². The van der Waals surface area contributed by atoms with Gasteiger partial charge in [-0.2, -0.15) is 0 Å². The predicted octanol–water partition coefficient (Wildman–Crippen LogP) is 3.60. The topological polar surface area (TPSA) is 125 Å². The molecule has 0 unspecified atom stereocenters. The third-order valence-electron chi connectivity index (χ3n) is 5.89. The van der Waals surface area contributed by atoms with Crippen LogP contribution in [0, 0.1) is 10.1 Å². The number of rotatable bonds is 5. The van der Waals surface area contributed by atoms with Crippen molar-refractivity contribution in [2.75, 3.05) is 36.4 Å². The van der Waals surface area contributed by atoms with Gasteiger partial charge < -0.3 is 20.2 Å². The second-order valence-corrected chi connectivity index (χ2v) is 7.99. The van der Waals surface area contributed by atoms with Crippen LogP contribution in [0.5, 0.6) is 0 Å². The Morgan fingerprint density at radius 3 is 2.55 bits per heavy atom. The zero-order valence-corrected chi connectivity index (χ0v) is 17.2. The Hall–Kier alpha value is -3.43. The number of pyridine rings is 2. The number of carboxylic acid groups (broad SMARTS) is 1. The summed E-state index contributed by atoms with van der Waals surface area (Å²) < 4.78 is 0. The molecule has 0 radical (unpaired) electrons. The summed E-state index contributed by atoms with van der Waals surface area (Å²) in [5.41, 5.74) is 1.21. The van der Waals surface area contributed by atoms with Crippen molar-refractivity contribution >= 4 is 23.4 Å². The molecule has 164 valence electrons. The maximum atomic E-state index is 11.5. The predicted molar refractivity (Wildman–Crippen MR) is 116 cm³/mol. The lowest BCUT2D eigenvalue weighted by Crippen LogP contribution is -2.48. The van der Waals surface area contributed by atoms with Crippen molar-refractivity contribution in [2.24, 2.45) is 0 Å². The molecule has 10 nitrogen and oxygen atoms in total. The number of piperazine rings is 1. The Morgan fingerprint density at radius 2 is 1.87 bits per heavy atom. The minimum Gasteiger partial charge on any atom is -0.465 e. The molecule has 2 aliphatic rings. The molecule has 1 aliphatic heterocycles. The molecular weight excluding hydrogens is 400 g/mol. The molecule has 0 aromatic carbocycles. The molecule has 10 heteroatoms. The fraction of sp³-hybridized carbons (Fsp3) is 0.476. The molecule has 31 heavy (non-hydrogen) atoms. The normalized spacial score (nSPS) is 17.4. The maximum absolute atomic E-state index is 11.5. The van der Waals surface area contributed by atoms with Gasteiger partial charge in [0.1, 0.15) is 11.6 Å². The fourth-order valence-corrected chi connectivity index (χ4v) is 4.17. The first-order valence-electron chi connectivity index (χ1n) is 10.6. The van der Waals surface area contributed by atoms with E-state index in [0.717, 1.165) is 24.2 Å². The van der Waals surface area contributed by atoms with Gasteiger partial charge in [-0.3, -0.25) is 10.1 Å². The van der Waals surface area contributed by atoms with Crippen LogP contribution in [-0.2, 0) is 0 Å². The van der Waals surface area contributed by atoms with Gasteiger partial charge >= 0.3 is 6.09 Å². The summed E-state index contributed by atoms with van der Waals surface area (Å²) in [6, 6.07) is 6.99. The molecule has 2 fully saturated rings. The molecule has 2 aromatic rings. The molecule has 1 amide bonds. The molecule has 1 aliphatic carbocycles. The molecule has 0 bridgehead atoms. The second kappa shape index (κ2) is 9.15. The van der Waals surface area contributed by atoms with Crippen molar-refractivity contribution in [3.63, 3.8) is 0 Å². The van der Waals surface area contributed by atoms with Gasteiger partial charge in [-0.15, -0.1) is 0 Å². The Bertz CT molecular complexity index is 955. The summed E-state index contributed by atoms with van der Waals surface area (Å²) >= 11 is 0. The zero-order chi connectivity index (χ0) is 21.8. The van der Waals surface area contributed by atoms with Gasteiger partial charge in [0.15, 0.2) is 0 Å². The van der Waals surface area contributed by atoms with E-state index in [4.69, 9.17) is 5.11 Å². The summed E-state index contributed by atoms with van der Waals surface area (Å²) in [5.74, 6) is 1.22.